The number of carbonyl (C=O) groups excluding carboxylic acids is 1. The van der Waals surface area contributed by atoms with E-state index in [-0.39, 0.29) is 0 Å². The Morgan fingerprint density at radius 3 is 2.88 bits per heavy atom. The van der Waals surface area contributed by atoms with Crippen LogP contribution in [0.3, 0.4) is 0 Å². The molecule has 0 bridgehead atoms. The first-order chi connectivity index (χ1) is 7.49. The van der Waals surface area contributed by atoms with E-state index in [1.165, 1.54) is 4.31 Å². The Hall–Kier alpha value is -0.340. The predicted octanol–water partition coefficient (Wildman–Crippen LogP) is 0.694. The third kappa shape index (κ3) is 3.60. The minimum Gasteiger partial charge on any atom is -0.452 e. The molecule has 0 radical (unpaired) electrons. The van der Waals surface area contributed by atoms with Gasteiger partial charge in [0.05, 0.1) is 7.11 Å². The van der Waals surface area contributed by atoms with Gasteiger partial charge in [0, 0.05) is 18.4 Å². The summed E-state index contributed by atoms with van der Waals surface area (Å²) in [7, 11) is -2.60. The Balaban J connectivity index is 2.55. The molecule has 1 aliphatic rings. The molecule has 1 aliphatic heterocycles. The molecule has 94 valence electrons. The van der Waals surface area contributed by atoms with E-state index in [0.29, 0.717) is 19.0 Å². The fraction of sp³-hybridized carbons (Fsp3) is 0.875. The number of amides is 1. The SMILES string of the molecule is COC(=O)NS(=O)(=O)N1CCC(CCBr)C1. The summed E-state index contributed by atoms with van der Waals surface area (Å²) in [6, 6.07) is 0. The van der Waals surface area contributed by atoms with Crippen LogP contribution in [0.5, 0.6) is 0 Å². The van der Waals surface area contributed by atoms with Crippen LogP contribution in [-0.4, -0.2) is 44.3 Å². The van der Waals surface area contributed by atoms with Crippen LogP contribution in [0.2, 0.25) is 0 Å². The van der Waals surface area contributed by atoms with Crippen molar-refractivity contribution < 1.29 is 17.9 Å². The number of carbonyl (C=O) groups is 1. The number of ether oxygens (including phenoxy) is 1. The number of hydrogen-bond donors (Lipinski definition) is 1. The normalized spacial score (nSPS) is 22.0. The average molecular weight is 315 g/mol. The number of methoxy groups -OCH3 is 1. The molecule has 16 heavy (non-hydrogen) atoms. The van der Waals surface area contributed by atoms with Gasteiger partial charge in [-0.1, -0.05) is 15.9 Å². The number of hydrogen-bond acceptors (Lipinski definition) is 4. The van der Waals surface area contributed by atoms with E-state index >= 15 is 0 Å². The van der Waals surface area contributed by atoms with Crippen LogP contribution in [0.25, 0.3) is 0 Å². The lowest BCUT2D eigenvalue weighted by molar-refractivity contribution is 0.177. The largest absolute Gasteiger partial charge is 0.452 e. The second-order valence-corrected chi connectivity index (χ2v) is 6.05. The molecular weight excluding hydrogens is 300 g/mol. The first-order valence-electron chi connectivity index (χ1n) is 4.91. The fourth-order valence-corrected chi connectivity index (χ4v) is 3.44. The van der Waals surface area contributed by atoms with Gasteiger partial charge in [0.2, 0.25) is 0 Å². The zero-order valence-corrected chi connectivity index (χ0v) is 11.4. The third-order valence-corrected chi connectivity index (χ3v) is 4.40. The van der Waals surface area contributed by atoms with Gasteiger partial charge in [-0.05, 0) is 18.8 Å². The van der Waals surface area contributed by atoms with Gasteiger partial charge in [-0.2, -0.15) is 12.7 Å². The highest BCUT2D eigenvalue weighted by Crippen LogP contribution is 2.22. The Morgan fingerprint density at radius 2 is 2.31 bits per heavy atom. The van der Waals surface area contributed by atoms with Crippen molar-refractivity contribution in [2.24, 2.45) is 5.92 Å². The maximum atomic E-state index is 11.7. The maximum absolute atomic E-state index is 11.7. The van der Waals surface area contributed by atoms with E-state index in [0.717, 1.165) is 25.3 Å². The highest BCUT2D eigenvalue weighted by atomic mass is 79.9. The molecule has 0 aromatic carbocycles. The third-order valence-electron chi connectivity index (χ3n) is 2.50. The van der Waals surface area contributed by atoms with Crippen LogP contribution in [0, 0.1) is 5.92 Å². The Labute approximate surface area is 104 Å². The van der Waals surface area contributed by atoms with Crippen molar-refractivity contribution in [1.82, 2.24) is 9.03 Å². The van der Waals surface area contributed by atoms with E-state index < -0.39 is 16.3 Å². The van der Waals surface area contributed by atoms with Gasteiger partial charge in [-0.3, -0.25) is 0 Å². The average Bonchev–Trinajstić information content (AvgIpc) is 2.67. The second-order valence-electron chi connectivity index (χ2n) is 3.59. The number of halogens is 1. The summed E-state index contributed by atoms with van der Waals surface area (Å²) in [5.74, 6) is 0.355. The maximum Gasteiger partial charge on any atom is 0.421 e. The molecular formula is C8H15BrN2O4S. The second kappa shape index (κ2) is 5.83. The van der Waals surface area contributed by atoms with Crippen LogP contribution in [0.4, 0.5) is 4.79 Å². The lowest BCUT2D eigenvalue weighted by atomic mass is 10.1. The molecule has 1 fully saturated rings. The summed E-state index contributed by atoms with van der Waals surface area (Å²) in [4.78, 5) is 10.8. The summed E-state index contributed by atoms with van der Waals surface area (Å²) >= 11 is 3.32. The molecule has 0 aromatic rings. The Bertz CT molecular complexity index is 346. The molecule has 1 unspecified atom stereocenters. The summed E-state index contributed by atoms with van der Waals surface area (Å²) < 4.78 is 30.7. The van der Waals surface area contributed by atoms with Crippen LogP contribution in [-0.2, 0) is 14.9 Å². The monoisotopic (exact) mass is 314 g/mol. The highest BCUT2D eigenvalue weighted by Gasteiger charge is 2.32. The quantitative estimate of drug-likeness (QED) is 0.775. The molecule has 0 saturated carbocycles. The van der Waals surface area contributed by atoms with Gasteiger partial charge in [-0.25, -0.2) is 9.52 Å². The van der Waals surface area contributed by atoms with E-state index in [1.54, 1.807) is 0 Å². The van der Waals surface area contributed by atoms with Crippen molar-refractivity contribution in [3.63, 3.8) is 0 Å². The summed E-state index contributed by atoms with van der Waals surface area (Å²) in [5, 5.41) is 0.857. The van der Waals surface area contributed by atoms with E-state index in [1.807, 2.05) is 4.72 Å². The van der Waals surface area contributed by atoms with Gasteiger partial charge in [-0.15, -0.1) is 0 Å². The molecule has 1 rings (SSSR count). The Morgan fingerprint density at radius 1 is 1.62 bits per heavy atom. The number of nitrogens with one attached hydrogen (secondary N) is 1. The first kappa shape index (κ1) is 13.7. The minimum atomic E-state index is -3.73. The summed E-state index contributed by atoms with van der Waals surface area (Å²) in [5.41, 5.74) is 0. The number of alkyl halides is 1. The Kier molecular flexibility index (Phi) is 5.00. The van der Waals surface area contributed by atoms with Gasteiger partial charge < -0.3 is 4.74 Å². The van der Waals surface area contributed by atoms with Crippen LogP contribution in [0.1, 0.15) is 12.8 Å². The fourth-order valence-electron chi connectivity index (χ4n) is 1.62. The predicted molar refractivity (Wildman–Crippen MR) is 62.6 cm³/mol. The van der Waals surface area contributed by atoms with Crippen molar-refractivity contribution in [3.8, 4) is 0 Å². The smallest absolute Gasteiger partial charge is 0.421 e. The molecule has 1 atom stereocenters. The van der Waals surface area contributed by atoms with E-state index in [4.69, 9.17) is 0 Å². The molecule has 1 heterocycles. The zero-order valence-electron chi connectivity index (χ0n) is 8.98. The highest BCUT2D eigenvalue weighted by molar-refractivity contribution is 9.09. The van der Waals surface area contributed by atoms with Gasteiger partial charge in [0.25, 0.3) is 0 Å². The topological polar surface area (TPSA) is 75.7 Å². The first-order valence-corrected chi connectivity index (χ1v) is 7.47. The zero-order chi connectivity index (χ0) is 12.2. The van der Waals surface area contributed by atoms with Crippen molar-refractivity contribution in [3.05, 3.63) is 0 Å². The standard InChI is InChI=1S/C8H15BrN2O4S/c1-15-8(12)10-16(13,14)11-5-3-7(6-11)2-4-9/h7H,2-6H2,1H3,(H,10,12). The minimum absolute atomic E-state index is 0.355. The van der Waals surface area contributed by atoms with Crippen LogP contribution in [0.15, 0.2) is 0 Å². The van der Waals surface area contributed by atoms with Gasteiger partial charge in [0.1, 0.15) is 0 Å². The molecule has 8 heteroatoms. The van der Waals surface area contributed by atoms with Crippen molar-refractivity contribution in [2.75, 3.05) is 25.5 Å². The van der Waals surface area contributed by atoms with Crippen molar-refractivity contribution in [1.29, 1.82) is 0 Å². The molecule has 0 spiro atoms. The molecule has 6 nitrogen and oxygen atoms in total. The molecule has 0 aliphatic carbocycles. The summed E-state index contributed by atoms with van der Waals surface area (Å²) in [6.07, 6.45) is 0.807. The van der Waals surface area contributed by atoms with Crippen molar-refractivity contribution >= 4 is 32.2 Å². The van der Waals surface area contributed by atoms with E-state index in [2.05, 4.69) is 20.7 Å². The summed E-state index contributed by atoms with van der Waals surface area (Å²) in [6.45, 7) is 0.905. The molecule has 1 N–H and O–H groups in total. The number of nitrogens with zero attached hydrogens (tertiary/aromatic N) is 1. The lowest BCUT2D eigenvalue weighted by Crippen LogP contribution is -2.42. The van der Waals surface area contributed by atoms with Crippen LogP contribution < -0.4 is 4.72 Å². The van der Waals surface area contributed by atoms with E-state index in [9.17, 15) is 13.2 Å². The number of rotatable bonds is 4. The molecule has 1 amide bonds. The lowest BCUT2D eigenvalue weighted by Gasteiger charge is -2.16. The van der Waals surface area contributed by atoms with Gasteiger partial charge >= 0.3 is 16.3 Å². The molecule has 1 saturated heterocycles. The molecule has 0 aromatic heterocycles. The van der Waals surface area contributed by atoms with Gasteiger partial charge in [0.15, 0.2) is 0 Å². The van der Waals surface area contributed by atoms with Crippen molar-refractivity contribution in [2.45, 2.75) is 12.8 Å². The van der Waals surface area contributed by atoms with Crippen LogP contribution >= 0.6 is 15.9 Å².